The lowest BCUT2D eigenvalue weighted by atomic mass is 9.84. The molecule has 1 atom stereocenters. The third-order valence-electron chi connectivity index (χ3n) is 5.53. The number of methoxy groups -OCH3 is 2. The van der Waals surface area contributed by atoms with Crippen LogP contribution in [0.3, 0.4) is 0 Å². The van der Waals surface area contributed by atoms with Crippen molar-refractivity contribution in [2.75, 3.05) is 25.7 Å². The molecule has 0 saturated heterocycles. The van der Waals surface area contributed by atoms with Gasteiger partial charge in [0.15, 0.2) is 11.5 Å². The molecule has 6 nitrogen and oxygen atoms in total. The van der Waals surface area contributed by atoms with Gasteiger partial charge >= 0.3 is 5.97 Å². The van der Waals surface area contributed by atoms with E-state index >= 15 is 0 Å². The summed E-state index contributed by atoms with van der Waals surface area (Å²) in [5, 5.41) is 0. The van der Waals surface area contributed by atoms with Crippen LogP contribution >= 0.6 is 0 Å². The van der Waals surface area contributed by atoms with Crippen molar-refractivity contribution in [1.82, 2.24) is 0 Å². The fourth-order valence-corrected chi connectivity index (χ4v) is 3.99. The van der Waals surface area contributed by atoms with Gasteiger partial charge in [0.25, 0.3) is 0 Å². The standard InChI is InChI=1S/C23H23NO5/c1-4-14-5-8-16(9-6-14)24-18-13-29-23(26)22(18)17(12-21(24)25)15-7-10-19(27-2)20(11-15)28-3/h5-11,17H,4,12-13H2,1-3H3. The van der Waals surface area contributed by atoms with Gasteiger partial charge in [0.1, 0.15) is 6.61 Å². The van der Waals surface area contributed by atoms with Crippen molar-refractivity contribution in [1.29, 1.82) is 0 Å². The first-order valence-corrected chi connectivity index (χ1v) is 9.61. The van der Waals surface area contributed by atoms with Crippen LogP contribution < -0.4 is 14.4 Å². The van der Waals surface area contributed by atoms with Gasteiger partial charge in [0.2, 0.25) is 5.91 Å². The molecule has 0 aromatic heterocycles. The second-order valence-corrected chi connectivity index (χ2v) is 7.06. The van der Waals surface area contributed by atoms with Gasteiger partial charge in [-0.25, -0.2) is 4.79 Å². The average molecular weight is 393 g/mol. The molecule has 0 aliphatic carbocycles. The number of rotatable bonds is 5. The molecule has 0 saturated carbocycles. The molecule has 1 amide bonds. The van der Waals surface area contributed by atoms with E-state index in [1.165, 1.54) is 5.56 Å². The van der Waals surface area contributed by atoms with Gasteiger partial charge in [-0.3, -0.25) is 9.69 Å². The van der Waals surface area contributed by atoms with Crippen LogP contribution in [0.25, 0.3) is 0 Å². The van der Waals surface area contributed by atoms with E-state index in [9.17, 15) is 9.59 Å². The van der Waals surface area contributed by atoms with Gasteiger partial charge in [-0.15, -0.1) is 0 Å². The number of ether oxygens (including phenoxy) is 3. The molecule has 0 bridgehead atoms. The van der Waals surface area contributed by atoms with Crippen molar-refractivity contribution in [2.45, 2.75) is 25.7 Å². The Kier molecular flexibility index (Phi) is 5.01. The quantitative estimate of drug-likeness (QED) is 0.727. The van der Waals surface area contributed by atoms with Crippen LogP contribution in [0.5, 0.6) is 11.5 Å². The van der Waals surface area contributed by atoms with Gasteiger partial charge in [-0.1, -0.05) is 25.1 Å². The Hall–Kier alpha value is -3.28. The lowest BCUT2D eigenvalue weighted by molar-refractivity contribution is -0.136. The monoisotopic (exact) mass is 393 g/mol. The fourth-order valence-electron chi connectivity index (χ4n) is 3.99. The topological polar surface area (TPSA) is 65.1 Å². The van der Waals surface area contributed by atoms with E-state index < -0.39 is 0 Å². The Morgan fingerprint density at radius 3 is 2.41 bits per heavy atom. The number of hydrogen-bond donors (Lipinski definition) is 0. The first kappa shape index (κ1) is 19.1. The first-order valence-electron chi connectivity index (χ1n) is 9.61. The van der Waals surface area contributed by atoms with Crippen molar-refractivity contribution in [3.05, 3.63) is 64.9 Å². The minimum atomic E-state index is -0.376. The van der Waals surface area contributed by atoms with Gasteiger partial charge in [0, 0.05) is 18.0 Å². The highest BCUT2D eigenvalue weighted by atomic mass is 16.5. The van der Waals surface area contributed by atoms with Crippen molar-refractivity contribution >= 4 is 17.6 Å². The molecule has 2 heterocycles. The third kappa shape index (κ3) is 3.24. The number of cyclic esters (lactones) is 1. The number of hydrogen-bond acceptors (Lipinski definition) is 5. The summed E-state index contributed by atoms with van der Waals surface area (Å²) in [6.45, 7) is 2.18. The highest BCUT2D eigenvalue weighted by Gasteiger charge is 2.43. The van der Waals surface area contributed by atoms with E-state index in [-0.39, 0.29) is 30.8 Å². The van der Waals surface area contributed by atoms with Crippen molar-refractivity contribution in [3.8, 4) is 11.5 Å². The number of nitrogens with zero attached hydrogens (tertiary/aromatic N) is 1. The van der Waals surface area contributed by atoms with Crippen LogP contribution in [-0.2, 0) is 20.7 Å². The zero-order valence-corrected chi connectivity index (χ0v) is 16.7. The Balaban J connectivity index is 1.78. The molecule has 0 spiro atoms. The Morgan fingerprint density at radius 2 is 1.76 bits per heavy atom. The molecule has 6 heteroatoms. The van der Waals surface area contributed by atoms with Crippen LogP contribution in [0.1, 0.15) is 30.4 Å². The van der Waals surface area contributed by atoms with Gasteiger partial charge in [0.05, 0.1) is 25.5 Å². The second-order valence-electron chi connectivity index (χ2n) is 7.06. The van der Waals surface area contributed by atoms with Gasteiger partial charge in [-0.05, 0) is 41.8 Å². The van der Waals surface area contributed by atoms with Crippen molar-refractivity contribution < 1.29 is 23.8 Å². The zero-order chi connectivity index (χ0) is 20.5. The third-order valence-corrected chi connectivity index (χ3v) is 5.53. The summed E-state index contributed by atoms with van der Waals surface area (Å²) < 4.78 is 16.0. The number of benzene rings is 2. The summed E-state index contributed by atoms with van der Waals surface area (Å²) in [6.07, 6.45) is 1.10. The minimum absolute atomic E-state index is 0.0638. The molecular weight excluding hydrogens is 370 g/mol. The molecule has 2 aromatic carbocycles. The highest BCUT2D eigenvalue weighted by molar-refractivity contribution is 6.06. The van der Waals surface area contributed by atoms with Crippen LogP contribution in [0, 0.1) is 0 Å². The Morgan fingerprint density at radius 1 is 1.03 bits per heavy atom. The Bertz CT molecular complexity index is 993. The van der Waals surface area contributed by atoms with Crippen LogP contribution in [-0.4, -0.2) is 32.7 Å². The van der Waals surface area contributed by atoms with Crippen LogP contribution in [0.4, 0.5) is 5.69 Å². The largest absolute Gasteiger partial charge is 0.493 e. The maximum absolute atomic E-state index is 13.1. The number of anilines is 1. The molecule has 0 N–H and O–H groups in total. The maximum Gasteiger partial charge on any atom is 0.336 e. The SMILES string of the molecule is CCc1ccc(N2C(=O)CC(c3ccc(OC)c(OC)c3)C3=C2COC3=O)cc1. The molecule has 2 aliphatic rings. The molecule has 4 rings (SSSR count). The molecule has 1 unspecified atom stereocenters. The number of aryl methyl sites for hydroxylation is 1. The molecule has 0 fully saturated rings. The summed E-state index contributed by atoms with van der Waals surface area (Å²) in [4.78, 5) is 27.3. The normalized spacial score (nSPS) is 18.6. The molecule has 150 valence electrons. The summed E-state index contributed by atoms with van der Waals surface area (Å²) >= 11 is 0. The molecule has 0 radical (unpaired) electrons. The number of carbonyl (C=O) groups is 2. The zero-order valence-electron chi connectivity index (χ0n) is 16.7. The molecule has 29 heavy (non-hydrogen) atoms. The van der Waals surface area contributed by atoms with Gasteiger partial charge in [-0.2, -0.15) is 0 Å². The number of amides is 1. The van der Waals surface area contributed by atoms with Crippen LogP contribution in [0.2, 0.25) is 0 Å². The summed E-state index contributed by atoms with van der Waals surface area (Å²) in [7, 11) is 3.13. The molecular formula is C23H23NO5. The second kappa shape index (κ2) is 7.62. The van der Waals surface area contributed by atoms with E-state index in [0.29, 0.717) is 22.8 Å². The van der Waals surface area contributed by atoms with E-state index in [1.54, 1.807) is 25.2 Å². The Labute approximate surface area is 169 Å². The van der Waals surface area contributed by atoms with E-state index in [2.05, 4.69) is 6.92 Å². The van der Waals surface area contributed by atoms with E-state index in [0.717, 1.165) is 17.7 Å². The summed E-state index contributed by atoms with van der Waals surface area (Å²) in [5.41, 5.74) is 3.92. The van der Waals surface area contributed by atoms with E-state index in [1.807, 2.05) is 36.4 Å². The maximum atomic E-state index is 13.1. The number of carbonyl (C=O) groups excluding carboxylic acids is 2. The average Bonchev–Trinajstić information content (AvgIpc) is 3.14. The number of esters is 1. The molecule has 2 aliphatic heterocycles. The van der Waals surface area contributed by atoms with Crippen molar-refractivity contribution in [3.63, 3.8) is 0 Å². The predicted octanol–water partition coefficient (Wildman–Crippen LogP) is 3.60. The van der Waals surface area contributed by atoms with E-state index in [4.69, 9.17) is 14.2 Å². The lowest BCUT2D eigenvalue weighted by Crippen LogP contribution is -2.37. The van der Waals surface area contributed by atoms with Crippen molar-refractivity contribution in [2.24, 2.45) is 0 Å². The highest BCUT2D eigenvalue weighted by Crippen LogP contribution is 2.43. The summed E-state index contributed by atoms with van der Waals surface area (Å²) in [5.74, 6) is 0.342. The van der Waals surface area contributed by atoms with Crippen LogP contribution in [0.15, 0.2) is 53.7 Å². The molecule has 2 aromatic rings. The van der Waals surface area contributed by atoms with Gasteiger partial charge < -0.3 is 14.2 Å². The predicted molar refractivity (Wildman–Crippen MR) is 108 cm³/mol. The smallest absolute Gasteiger partial charge is 0.336 e. The minimum Gasteiger partial charge on any atom is -0.493 e. The lowest BCUT2D eigenvalue weighted by Gasteiger charge is -2.32. The fraction of sp³-hybridized carbons (Fsp3) is 0.304. The first-order chi connectivity index (χ1) is 14.1. The summed E-state index contributed by atoms with van der Waals surface area (Å²) in [6, 6.07) is 13.3.